The van der Waals surface area contributed by atoms with Crippen LogP contribution >= 0.6 is 0 Å². The molecule has 4 nitrogen and oxygen atoms in total. The zero-order valence-electron chi connectivity index (χ0n) is 15.4. The Morgan fingerprint density at radius 1 is 1.24 bits per heavy atom. The number of allylic oxidation sites excluding steroid dienone is 2. The van der Waals surface area contributed by atoms with E-state index in [4.69, 9.17) is 14.6 Å². The van der Waals surface area contributed by atoms with Gasteiger partial charge in [-0.05, 0) is 56.8 Å². The molecule has 2 heterocycles. The molecule has 2 aliphatic heterocycles. The van der Waals surface area contributed by atoms with Crippen molar-refractivity contribution < 1.29 is 19.4 Å². The zero-order valence-corrected chi connectivity index (χ0v) is 15.4. The van der Waals surface area contributed by atoms with Crippen molar-refractivity contribution in [3.63, 3.8) is 0 Å². The molecule has 4 heteroatoms. The summed E-state index contributed by atoms with van der Waals surface area (Å²) in [6, 6.07) is 0. The van der Waals surface area contributed by atoms with Gasteiger partial charge in [0.1, 0.15) is 6.61 Å². The summed E-state index contributed by atoms with van der Waals surface area (Å²) in [5, 5.41) is 8.65. The lowest BCUT2D eigenvalue weighted by molar-refractivity contribution is -0.137. The molecule has 0 aromatic heterocycles. The molecule has 0 aromatic carbocycles. The topological polar surface area (TPSA) is 55.8 Å². The lowest BCUT2D eigenvalue weighted by Gasteiger charge is -2.27. The lowest BCUT2D eigenvalue weighted by atomic mass is 9.76. The first-order valence-electron chi connectivity index (χ1n) is 9.78. The molecule has 0 aliphatic carbocycles. The number of ether oxygens (including phenoxy) is 2. The van der Waals surface area contributed by atoms with Crippen LogP contribution in [0.3, 0.4) is 0 Å². The molecule has 2 aliphatic rings. The van der Waals surface area contributed by atoms with Crippen LogP contribution in [0.2, 0.25) is 0 Å². The molecule has 0 amide bonds. The molecule has 2 bridgehead atoms. The normalized spacial score (nSPS) is 27.6. The van der Waals surface area contributed by atoms with Gasteiger partial charge in [-0.3, -0.25) is 4.79 Å². The third-order valence-corrected chi connectivity index (χ3v) is 5.20. The predicted molar refractivity (Wildman–Crippen MR) is 98.2 cm³/mol. The van der Waals surface area contributed by atoms with Crippen LogP contribution in [0.4, 0.5) is 0 Å². The van der Waals surface area contributed by atoms with E-state index in [0.29, 0.717) is 30.7 Å². The summed E-state index contributed by atoms with van der Waals surface area (Å²) >= 11 is 0. The van der Waals surface area contributed by atoms with Gasteiger partial charge in [0.2, 0.25) is 0 Å². The summed E-state index contributed by atoms with van der Waals surface area (Å²) in [5.41, 5.74) is 0. The van der Waals surface area contributed by atoms with Gasteiger partial charge >= 0.3 is 5.97 Å². The van der Waals surface area contributed by atoms with E-state index in [-0.39, 0.29) is 6.42 Å². The van der Waals surface area contributed by atoms with Crippen LogP contribution in [0, 0.1) is 23.7 Å². The van der Waals surface area contributed by atoms with Crippen molar-refractivity contribution in [2.45, 2.75) is 76.9 Å². The predicted octanol–water partition coefficient (Wildman–Crippen LogP) is 4.19. The molecular formula is C21H32O4. The first-order chi connectivity index (χ1) is 12.2. The minimum absolute atomic E-state index is 0.253. The highest BCUT2D eigenvalue weighted by molar-refractivity contribution is 5.66. The van der Waals surface area contributed by atoms with E-state index in [1.54, 1.807) is 0 Å². The molecule has 2 fully saturated rings. The van der Waals surface area contributed by atoms with Crippen LogP contribution < -0.4 is 0 Å². The largest absolute Gasteiger partial charge is 0.481 e. The summed E-state index contributed by atoms with van der Waals surface area (Å²) in [7, 11) is 0. The van der Waals surface area contributed by atoms with Crippen molar-refractivity contribution in [1.82, 2.24) is 0 Å². The van der Waals surface area contributed by atoms with Gasteiger partial charge < -0.3 is 14.6 Å². The number of hydrogen-bond acceptors (Lipinski definition) is 3. The van der Waals surface area contributed by atoms with Crippen molar-refractivity contribution in [3.05, 3.63) is 12.2 Å². The Kier molecular flexibility index (Phi) is 9.07. The molecule has 2 saturated heterocycles. The van der Waals surface area contributed by atoms with Crippen LogP contribution in [-0.4, -0.2) is 36.5 Å². The Labute approximate surface area is 152 Å². The molecule has 4 atom stereocenters. The van der Waals surface area contributed by atoms with Crippen molar-refractivity contribution in [1.29, 1.82) is 0 Å². The second kappa shape index (κ2) is 11.3. The smallest absolute Gasteiger partial charge is 0.303 e. The highest BCUT2D eigenvalue weighted by Gasteiger charge is 2.47. The second-order valence-electron chi connectivity index (χ2n) is 7.06. The number of fused-ring (bicyclic) bond motifs is 2. The number of unbranched alkanes of at least 4 members (excludes halogenated alkanes) is 2. The van der Waals surface area contributed by atoms with Crippen molar-refractivity contribution in [3.8, 4) is 11.8 Å². The van der Waals surface area contributed by atoms with E-state index in [1.165, 1.54) is 12.8 Å². The summed E-state index contributed by atoms with van der Waals surface area (Å²) in [4.78, 5) is 10.5. The van der Waals surface area contributed by atoms with Gasteiger partial charge in [0.25, 0.3) is 0 Å². The summed E-state index contributed by atoms with van der Waals surface area (Å²) in [6.07, 6.45) is 13.5. The van der Waals surface area contributed by atoms with Gasteiger partial charge in [0.15, 0.2) is 0 Å². The minimum atomic E-state index is -0.714. The first-order valence-corrected chi connectivity index (χ1v) is 9.78. The molecule has 0 unspecified atom stereocenters. The van der Waals surface area contributed by atoms with Crippen LogP contribution in [0.25, 0.3) is 0 Å². The quantitative estimate of drug-likeness (QED) is 0.345. The van der Waals surface area contributed by atoms with Crippen LogP contribution in [-0.2, 0) is 14.3 Å². The lowest BCUT2D eigenvalue weighted by Crippen LogP contribution is -2.28. The van der Waals surface area contributed by atoms with E-state index in [9.17, 15) is 4.79 Å². The van der Waals surface area contributed by atoms with E-state index in [0.717, 1.165) is 45.1 Å². The molecule has 0 saturated carbocycles. The molecule has 2 rings (SSSR count). The molecule has 0 spiro atoms. The minimum Gasteiger partial charge on any atom is -0.481 e. The Hall–Kier alpha value is -1.31. The van der Waals surface area contributed by atoms with Gasteiger partial charge in [-0.15, -0.1) is 5.92 Å². The number of hydrogen-bond donors (Lipinski definition) is 1. The third-order valence-electron chi connectivity index (χ3n) is 5.20. The monoisotopic (exact) mass is 348 g/mol. The average molecular weight is 348 g/mol. The Balaban J connectivity index is 1.67. The maximum atomic E-state index is 10.5. The van der Waals surface area contributed by atoms with Crippen LogP contribution in [0.1, 0.15) is 64.7 Å². The molecule has 1 N–H and O–H groups in total. The van der Waals surface area contributed by atoms with Gasteiger partial charge in [0.05, 0.1) is 12.2 Å². The molecule has 0 aromatic rings. The molecule has 25 heavy (non-hydrogen) atoms. The maximum Gasteiger partial charge on any atom is 0.303 e. The SMILES string of the molecule is CCCC#CCOCC[C@@H]1[C@H](C/C=C\CCCC(=O)O)[C@@H]2CC[C@H]1O2. The fourth-order valence-electron chi connectivity index (χ4n) is 3.95. The summed E-state index contributed by atoms with van der Waals surface area (Å²) in [6.45, 7) is 3.43. The second-order valence-corrected chi connectivity index (χ2v) is 7.06. The van der Waals surface area contributed by atoms with Crippen molar-refractivity contribution in [2.24, 2.45) is 11.8 Å². The number of aliphatic carboxylic acids is 1. The average Bonchev–Trinajstić information content (AvgIpc) is 3.19. The van der Waals surface area contributed by atoms with Gasteiger partial charge in [-0.25, -0.2) is 0 Å². The van der Waals surface area contributed by atoms with Crippen LogP contribution in [0.15, 0.2) is 12.2 Å². The highest BCUT2D eigenvalue weighted by Crippen LogP contribution is 2.46. The first kappa shape index (κ1) is 20.0. The Morgan fingerprint density at radius 2 is 2.04 bits per heavy atom. The number of carboxylic acid groups (broad SMARTS) is 1. The van der Waals surface area contributed by atoms with Gasteiger partial charge in [-0.1, -0.05) is 25.0 Å². The van der Waals surface area contributed by atoms with Gasteiger partial charge in [-0.2, -0.15) is 0 Å². The number of carbonyl (C=O) groups is 1. The van der Waals surface area contributed by atoms with Crippen molar-refractivity contribution in [2.75, 3.05) is 13.2 Å². The summed E-state index contributed by atoms with van der Waals surface area (Å²) < 4.78 is 11.8. The highest BCUT2D eigenvalue weighted by atomic mass is 16.5. The van der Waals surface area contributed by atoms with Crippen molar-refractivity contribution >= 4 is 5.97 Å². The fraction of sp³-hybridized carbons (Fsp3) is 0.762. The summed E-state index contributed by atoms with van der Waals surface area (Å²) in [5.74, 6) is 6.63. The Bertz CT molecular complexity index is 488. The van der Waals surface area contributed by atoms with Crippen LogP contribution in [0.5, 0.6) is 0 Å². The molecule has 140 valence electrons. The molecular weight excluding hydrogens is 316 g/mol. The van der Waals surface area contributed by atoms with E-state index in [2.05, 4.69) is 30.9 Å². The standard InChI is InChI=1S/C21H32O4/c1-2-3-4-9-15-24-16-14-18-17(19-12-13-20(18)25-19)10-7-5-6-8-11-21(22)23/h5,7,17-20H,2-3,6,8,10-16H2,1H3,(H,22,23)/b7-5-/t17-,18+,19-,20+/m0/s1. The van der Waals surface area contributed by atoms with E-state index >= 15 is 0 Å². The van der Waals surface area contributed by atoms with E-state index in [1.807, 2.05) is 0 Å². The zero-order chi connectivity index (χ0) is 17.9. The van der Waals surface area contributed by atoms with Gasteiger partial charge in [0, 0.05) is 19.4 Å². The fourth-order valence-corrected chi connectivity index (χ4v) is 3.95. The number of carboxylic acids is 1. The van der Waals surface area contributed by atoms with E-state index < -0.39 is 5.97 Å². The Morgan fingerprint density at radius 3 is 2.80 bits per heavy atom. The maximum absolute atomic E-state index is 10.5. The third kappa shape index (κ3) is 6.84. The molecule has 0 radical (unpaired) electrons. The number of rotatable bonds is 11.